The molecule has 0 N–H and O–H groups in total. The Balaban J connectivity index is 3.80. The Morgan fingerprint density at radius 1 is 0.455 bits per heavy atom. The Labute approximate surface area is 137 Å². The molecule has 0 aromatic rings. The molecule has 0 radical (unpaired) electrons. The van der Waals surface area contributed by atoms with E-state index in [1.807, 2.05) is 0 Å². The first kappa shape index (κ1) is 20.5. The minimum atomic E-state index is 0.687. The number of hydrogen-bond donors (Lipinski definition) is 0. The fraction of sp³-hybridized carbons (Fsp3) is 0.833. The van der Waals surface area contributed by atoms with Crippen molar-refractivity contribution in [3.63, 3.8) is 0 Å². The van der Waals surface area contributed by atoms with Gasteiger partial charge in [-0.15, -0.1) is 0 Å². The summed E-state index contributed by atoms with van der Waals surface area (Å²) in [6, 6.07) is 6.63. The van der Waals surface area contributed by atoms with Gasteiger partial charge in [-0.2, -0.15) is 15.8 Å². The van der Waals surface area contributed by atoms with Crippen LogP contribution in [0.25, 0.3) is 0 Å². The molecule has 0 rings (SSSR count). The third-order valence-electron chi connectivity index (χ3n) is 4.20. The summed E-state index contributed by atoms with van der Waals surface area (Å²) >= 11 is 0. The zero-order valence-corrected chi connectivity index (χ0v) is 14.0. The molecular weight excluding hydrogens is 269 g/mol. The van der Waals surface area contributed by atoms with E-state index in [0.29, 0.717) is 19.3 Å². The quantitative estimate of drug-likeness (QED) is 0.286. The summed E-state index contributed by atoms with van der Waals surface area (Å²) in [7, 11) is 0. The Morgan fingerprint density at radius 3 is 1.05 bits per heavy atom. The molecule has 0 atom stereocenters. The van der Waals surface area contributed by atoms with E-state index < -0.39 is 0 Å². The molecule has 0 aliphatic heterocycles. The van der Waals surface area contributed by atoms with Crippen molar-refractivity contribution >= 4 is 6.71 Å². The van der Waals surface area contributed by atoms with E-state index in [9.17, 15) is 0 Å². The second-order valence-electron chi connectivity index (χ2n) is 6.14. The molecule has 0 amide bonds. The highest BCUT2D eigenvalue weighted by atomic mass is 14.2. The molecule has 22 heavy (non-hydrogen) atoms. The van der Waals surface area contributed by atoms with Crippen molar-refractivity contribution in [2.75, 3.05) is 0 Å². The van der Waals surface area contributed by atoms with Crippen molar-refractivity contribution in [1.29, 1.82) is 15.8 Å². The summed E-state index contributed by atoms with van der Waals surface area (Å²) in [5, 5.41) is 25.7. The fourth-order valence-corrected chi connectivity index (χ4v) is 2.87. The van der Waals surface area contributed by atoms with Crippen molar-refractivity contribution in [3.8, 4) is 18.2 Å². The second-order valence-corrected chi connectivity index (χ2v) is 6.14. The van der Waals surface area contributed by atoms with Crippen LogP contribution in [-0.4, -0.2) is 6.71 Å². The fourth-order valence-electron chi connectivity index (χ4n) is 2.87. The van der Waals surface area contributed by atoms with Crippen LogP contribution >= 0.6 is 0 Å². The molecule has 0 bridgehead atoms. The summed E-state index contributed by atoms with van der Waals surface area (Å²) in [5.41, 5.74) is 0. The Bertz CT molecular complexity index is 305. The predicted molar refractivity (Wildman–Crippen MR) is 92.4 cm³/mol. The van der Waals surface area contributed by atoms with Gasteiger partial charge in [-0.25, -0.2) is 0 Å². The van der Waals surface area contributed by atoms with Crippen molar-refractivity contribution < 1.29 is 0 Å². The summed E-state index contributed by atoms with van der Waals surface area (Å²) in [6.45, 7) is 0.797. The summed E-state index contributed by atoms with van der Waals surface area (Å²) in [4.78, 5) is 0. The van der Waals surface area contributed by atoms with Crippen LogP contribution in [0, 0.1) is 34.0 Å². The third-order valence-corrected chi connectivity index (χ3v) is 4.20. The molecule has 0 aliphatic rings. The average molecular weight is 299 g/mol. The molecule has 3 nitrogen and oxygen atoms in total. The Kier molecular flexibility index (Phi) is 16.4. The highest BCUT2D eigenvalue weighted by molar-refractivity contribution is 6.58. The summed E-state index contributed by atoms with van der Waals surface area (Å²) in [5.74, 6) is 0. The monoisotopic (exact) mass is 299 g/mol. The van der Waals surface area contributed by atoms with Crippen LogP contribution in [0.4, 0.5) is 0 Å². The smallest absolute Gasteiger partial charge is 0.139 e. The molecule has 0 heterocycles. The average Bonchev–Trinajstić information content (AvgIpc) is 2.53. The van der Waals surface area contributed by atoms with Gasteiger partial charge in [0, 0.05) is 19.3 Å². The van der Waals surface area contributed by atoms with E-state index >= 15 is 0 Å². The maximum absolute atomic E-state index is 8.55. The van der Waals surface area contributed by atoms with Gasteiger partial charge in [0.05, 0.1) is 18.2 Å². The summed E-state index contributed by atoms with van der Waals surface area (Å²) in [6.07, 6.45) is 16.2. The molecule has 0 fully saturated rings. The minimum Gasteiger partial charge on any atom is -0.198 e. The van der Waals surface area contributed by atoms with Crippen LogP contribution in [-0.2, 0) is 0 Å². The van der Waals surface area contributed by atoms with Crippen LogP contribution in [0.3, 0.4) is 0 Å². The lowest BCUT2D eigenvalue weighted by molar-refractivity contribution is 0.697. The number of nitrogens with zero attached hydrogens (tertiary/aromatic N) is 3. The van der Waals surface area contributed by atoms with E-state index in [1.54, 1.807) is 0 Å². The van der Waals surface area contributed by atoms with Crippen LogP contribution in [0.2, 0.25) is 19.0 Å². The van der Waals surface area contributed by atoms with E-state index in [4.69, 9.17) is 15.8 Å². The van der Waals surface area contributed by atoms with Crippen molar-refractivity contribution in [2.24, 2.45) is 0 Å². The number of hydrogen-bond acceptors (Lipinski definition) is 3. The largest absolute Gasteiger partial charge is 0.198 e. The number of unbranched alkanes of at least 4 members (excludes halogenated alkanes) is 9. The topological polar surface area (TPSA) is 71.4 Å². The second kappa shape index (κ2) is 17.6. The van der Waals surface area contributed by atoms with Gasteiger partial charge in [-0.1, -0.05) is 57.5 Å². The standard InChI is InChI=1S/C18H30BN3/c20-16-10-4-1-7-13-19(14-8-2-5-11-17-21)15-9-3-6-12-18-22/h1-15H2. The molecule has 120 valence electrons. The summed E-state index contributed by atoms with van der Waals surface area (Å²) < 4.78 is 0. The van der Waals surface area contributed by atoms with Crippen LogP contribution in [0.1, 0.15) is 77.0 Å². The Hall–Kier alpha value is -1.47. The number of rotatable bonds is 15. The lowest BCUT2D eigenvalue weighted by Crippen LogP contribution is -2.12. The molecule has 0 aromatic heterocycles. The van der Waals surface area contributed by atoms with Gasteiger partial charge in [0.2, 0.25) is 0 Å². The van der Waals surface area contributed by atoms with E-state index in [0.717, 1.165) is 26.0 Å². The minimum absolute atomic E-state index is 0.687. The van der Waals surface area contributed by atoms with E-state index in [2.05, 4.69) is 18.2 Å². The van der Waals surface area contributed by atoms with Crippen molar-refractivity contribution in [1.82, 2.24) is 0 Å². The predicted octanol–water partition coefficient (Wildman–Crippen LogP) is 5.73. The zero-order chi connectivity index (χ0) is 16.3. The number of nitriles is 3. The van der Waals surface area contributed by atoms with E-state index in [1.165, 1.54) is 57.5 Å². The van der Waals surface area contributed by atoms with Crippen LogP contribution < -0.4 is 0 Å². The zero-order valence-electron chi connectivity index (χ0n) is 14.0. The van der Waals surface area contributed by atoms with Crippen molar-refractivity contribution in [2.45, 2.75) is 96.0 Å². The van der Waals surface area contributed by atoms with Gasteiger partial charge in [0.25, 0.3) is 0 Å². The molecular formula is C18H30BN3. The molecule has 0 saturated heterocycles. The molecule has 4 heteroatoms. The van der Waals surface area contributed by atoms with Gasteiger partial charge in [-0.3, -0.25) is 0 Å². The first-order valence-electron chi connectivity index (χ1n) is 8.96. The highest BCUT2D eigenvalue weighted by Crippen LogP contribution is 2.19. The first-order valence-corrected chi connectivity index (χ1v) is 8.96. The Morgan fingerprint density at radius 2 is 0.773 bits per heavy atom. The highest BCUT2D eigenvalue weighted by Gasteiger charge is 2.12. The van der Waals surface area contributed by atoms with Gasteiger partial charge in [-0.05, 0) is 19.3 Å². The third kappa shape index (κ3) is 14.9. The lowest BCUT2D eigenvalue weighted by Gasteiger charge is -2.13. The lowest BCUT2D eigenvalue weighted by atomic mass is 9.41. The van der Waals surface area contributed by atoms with Gasteiger partial charge in [0.15, 0.2) is 0 Å². The van der Waals surface area contributed by atoms with Crippen LogP contribution in [0.15, 0.2) is 0 Å². The molecule has 0 aromatic carbocycles. The SMILES string of the molecule is N#CCCCCCB(CCCCCC#N)CCCCCC#N. The van der Waals surface area contributed by atoms with Crippen LogP contribution in [0.5, 0.6) is 0 Å². The normalized spacial score (nSPS) is 9.68. The maximum Gasteiger partial charge on any atom is 0.139 e. The van der Waals surface area contributed by atoms with Crippen molar-refractivity contribution in [3.05, 3.63) is 0 Å². The molecule has 0 saturated carbocycles. The van der Waals surface area contributed by atoms with Gasteiger partial charge >= 0.3 is 0 Å². The maximum atomic E-state index is 8.55. The van der Waals surface area contributed by atoms with E-state index in [-0.39, 0.29) is 0 Å². The molecule has 0 aliphatic carbocycles. The first-order chi connectivity index (χ1) is 10.8. The molecule has 0 spiro atoms. The van der Waals surface area contributed by atoms with Gasteiger partial charge < -0.3 is 0 Å². The molecule has 0 unspecified atom stereocenters. The van der Waals surface area contributed by atoms with Gasteiger partial charge in [0.1, 0.15) is 6.71 Å².